The van der Waals surface area contributed by atoms with E-state index in [1.54, 1.807) is 0 Å². The van der Waals surface area contributed by atoms with Crippen LogP contribution in [0.15, 0.2) is 60.8 Å². The average Bonchev–Trinajstić information content (AvgIpc) is 3.14. The fourth-order valence-corrected chi connectivity index (χ4v) is 6.03. The highest BCUT2D eigenvalue weighted by Gasteiger charge is 2.25. The Labute approximate surface area is 323 Å². The molecule has 0 radical (unpaired) electrons. The minimum absolute atomic E-state index is 0.0414. The van der Waals surface area contributed by atoms with Gasteiger partial charge in [0, 0.05) is 19.4 Å². The summed E-state index contributed by atoms with van der Waals surface area (Å²) in [6, 6.07) is 0. The Morgan fingerprint density at radius 3 is 1.57 bits per heavy atom. The molecule has 0 rings (SSSR count). The summed E-state index contributed by atoms with van der Waals surface area (Å²) < 4.78 is 32.7. The van der Waals surface area contributed by atoms with Crippen molar-refractivity contribution in [2.24, 2.45) is 5.73 Å². The van der Waals surface area contributed by atoms with Crippen LogP contribution in [-0.2, 0) is 32.7 Å². The summed E-state index contributed by atoms with van der Waals surface area (Å²) in [7, 11) is -4.39. The molecule has 0 spiro atoms. The van der Waals surface area contributed by atoms with E-state index < -0.39 is 32.5 Å². The Kier molecular flexibility index (Phi) is 37.7. The number of allylic oxidation sites excluding steroid dienone is 10. The largest absolute Gasteiger partial charge is 0.472 e. The lowest BCUT2D eigenvalue weighted by molar-refractivity contribution is -0.161. The minimum atomic E-state index is -4.39. The average molecular weight is 766 g/mol. The van der Waals surface area contributed by atoms with Gasteiger partial charge in [-0.3, -0.25) is 18.6 Å². The number of phosphoric ester groups is 1. The van der Waals surface area contributed by atoms with Gasteiger partial charge in [-0.25, -0.2) is 4.57 Å². The Balaban J connectivity index is 4.31. The molecule has 0 bridgehead atoms. The second kappa shape index (κ2) is 39.4. The fourth-order valence-electron chi connectivity index (χ4n) is 5.27. The molecule has 0 aromatic heterocycles. The molecule has 306 valence electrons. The normalized spacial score (nSPS) is 14.0. The maximum absolute atomic E-state index is 12.5. The van der Waals surface area contributed by atoms with E-state index >= 15 is 0 Å². The van der Waals surface area contributed by atoms with Gasteiger partial charge in [0.1, 0.15) is 6.61 Å². The zero-order valence-electron chi connectivity index (χ0n) is 33.5. The molecule has 9 nitrogen and oxygen atoms in total. The molecular weight excluding hydrogens is 689 g/mol. The summed E-state index contributed by atoms with van der Waals surface area (Å²) in [5.41, 5.74) is 5.34. The van der Waals surface area contributed by atoms with Crippen molar-refractivity contribution in [3.8, 4) is 0 Å². The summed E-state index contributed by atoms with van der Waals surface area (Å²) in [5.74, 6) is -0.908. The molecule has 3 N–H and O–H groups in total. The van der Waals surface area contributed by atoms with Gasteiger partial charge in [-0.15, -0.1) is 0 Å². The molecule has 0 amide bonds. The summed E-state index contributed by atoms with van der Waals surface area (Å²) in [5, 5.41) is 0. The third-order valence-electron chi connectivity index (χ3n) is 8.38. The van der Waals surface area contributed by atoms with Gasteiger partial charge in [-0.1, -0.05) is 139 Å². The molecule has 0 saturated carbocycles. The van der Waals surface area contributed by atoms with Crippen molar-refractivity contribution in [3.05, 3.63) is 60.8 Å². The summed E-state index contributed by atoms with van der Waals surface area (Å²) in [6.07, 6.45) is 45.4. The van der Waals surface area contributed by atoms with Gasteiger partial charge in [0.2, 0.25) is 0 Å². The standard InChI is InChI=1S/C43H76NO8P/c1-3-5-7-9-11-13-15-17-19-20-22-24-26-28-30-32-34-36-43(46)52-41(40-51-53(47,48)50-38-37-44)39-49-42(45)35-33-31-29-27-25-23-21-18-16-14-12-10-8-6-4-2/h11,13,17-19,21-22,24,28,30,41H,3-10,12,14-16,20,23,25-27,29,31-40,44H2,1-2H3,(H,47,48)/b13-11-,19-17-,21-18-,24-22-,30-28-/t41-/m1/s1. The molecule has 0 heterocycles. The molecular formula is C43H76NO8P. The number of carbonyl (C=O) groups excluding carboxylic acids is 2. The monoisotopic (exact) mass is 766 g/mol. The van der Waals surface area contributed by atoms with Gasteiger partial charge in [0.05, 0.1) is 13.2 Å². The molecule has 0 aliphatic carbocycles. The number of phosphoric acid groups is 1. The smallest absolute Gasteiger partial charge is 0.462 e. The Bertz CT molecular complexity index is 1050. The molecule has 0 aliphatic heterocycles. The number of rotatable bonds is 38. The maximum Gasteiger partial charge on any atom is 0.472 e. The van der Waals surface area contributed by atoms with E-state index in [4.69, 9.17) is 24.3 Å². The number of unbranched alkanes of at least 4 members (excludes halogenated alkanes) is 15. The number of carbonyl (C=O) groups is 2. The topological polar surface area (TPSA) is 134 Å². The first-order valence-electron chi connectivity index (χ1n) is 20.8. The van der Waals surface area contributed by atoms with E-state index in [-0.39, 0.29) is 32.6 Å². The summed E-state index contributed by atoms with van der Waals surface area (Å²) in [6.45, 7) is 3.61. The van der Waals surface area contributed by atoms with Crippen LogP contribution in [0.1, 0.15) is 168 Å². The van der Waals surface area contributed by atoms with Crippen molar-refractivity contribution < 1.29 is 37.6 Å². The summed E-state index contributed by atoms with van der Waals surface area (Å²) in [4.78, 5) is 34.8. The van der Waals surface area contributed by atoms with Crippen LogP contribution < -0.4 is 5.73 Å². The lowest BCUT2D eigenvalue weighted by Gasteiger charge is -2.19. The van der Waals surface area contributed by atoms with Gasteiger partial charge < -0.3 is 20.1 Å². The predicted molar refractivity (Wildman–Crippen MR) is 219 cm³/mol. The highest BCUT2D eigenvalue weighted by atomic mass is 31.2. The van der Waals surface area contributed by atoms with Crippen molar-refractivity contribution in [2.45, 2.75) is 174 Å². The van der Waals surface area contributed by atoms with Gasteiger partial charge in [0.15, 0.2) is 6.10 Å². The first-order chi connectivity index (χ1) is 25.8. The van der Waals surface area contributed by atoms with Crippen LogP contribution in [0, 0.1) is 0 Å². The van der Waals surface area contributed by atoms with Crippen molar-refractivity contribution in [1.82, 2.24) is 0 Å². The first kappa shape index (κ1) is 50.7. The van der Waals surface area contributed by atoms with E-state index in [1.807, 2.05) is 6.08 Å². The van der Waals surface area contributed by atoms with Crippen molar-refractivity contribution in [2.75, 3.05) is 26.4 Å². The van der Waals surface area contributed by atoms with E-state index in [0.717, 1.165) is 51.4 Å². The van der Waals surface area contributed by atoms with Crippen LogP contribution in [0.25, 0.3) is 0 Å². The second-order valence-electron chi connectivity index (χ2n) is 13.5. The van der Waals surface area contributed by atoms with Crippen molar-refractivity contribution >= 4 is 19.8 Å². The fraction of sp³-hybridized carbons (Fsp3) is 0.721. The molecule has 0 saturated heterocycles. The maximum atomic E-state index is 12.5. The second-order valence-corrected chi connectivity index (χ2v) is 14.9. The lowest BCUT2D eigenvalue weighted by Crippen LogP contribution is -2.29. The zero-order chi connectivity index (χ0) is 38.9. The SMILES string of the molecule is CCCCC/C=C\C/C=C\C/C=C\C/C=C\CCCC(=O)O[C@H](COC(=O)CCCCCCC/C=C\CCCCCCCC)COP(=O)(O)OCCN. The Morgan fingerprint density at radius 2 is 1.00 bits per heavy atom. The van der Waals surface area contributed by atoms with Crippen LogP contribution in [0.4, 0.5) is 0 Å². The van der Waals surface area contributed by atoms with Crippen LogP contribution in [0.2, 0.25) is 0 Å². The lowest BCUT2D eigenvalue weighted by atomic mass is 10.1. The van der Waals surface area contributed by atoms with Crippen LogP contribution in [0.5, 0.6) is 0 Å². The van der Waals surface area contributed by atoms with Gasteiger partial charge in [0.25, 0.3) is 0 Å². The quantitative estimate of drug-likeness (QED) is 0.0272. The van der Waals surface area contributed by atoms with Gasteiger partial charge in [-0.05, 0) is 77.0 Å². The third kappa shape index (κ3) is 39.2. The number of hydrogen-bond acceptors (Lipinski definition) is 8. The molecule has 0 aliphatic rings. The van der Waals surface area contributed by atoms with E-state index in [2.05, 4.69) is 68.5 Å². The van der Waals surface area contributed by atoms with Crippen LogP contribution in [0.3, 0.4) is 0 Å². The highest BCUT2D eigenvalue weighted by molar-refractivity contribution is 7.47. The van der Waals surface area contributed by atoms with Gasteiger partial charge >= 0.3 is 19.8 Å². The number of esters is 2. The predicted octanol–water partition coefficient (Wildman–Crippen LogP) is 11.7. The van der Waals surface area contributed by atoms with E-state index in [0.29, 0.717) is 19.3 Å². The molecule has 0 fully saturated rings. The molecule has 53 heavy (non-hydrogen) atoms. The Morgan fingerprint density at radius 1 is 0.566 bits per heavy atom. The zero-order valence-corrected chi connectivity index (χ0v) is 34.4. The minimum Gasteiger partial charge on any atom is -0.462 e. The van der Waals surface area contributed by atoms with E-state index in [1.165, 1.54) is 70.6 Å². The molecule has 1 unspecified atom stereocenters. The highest BCUT2D eigenvalue weighted by Crippen LogP contribution is 2.43. The number of ether oxygens (including phenoxy) is 2. The Hall–Kier alpha value is -2.29. The van der Waals surface area contributed by atoms with Gasteiger partial charge in [-0.2, -0.15) is 0 Å². The van der Waals surface area contributed by atoms with Crippen LogP contribution >= 0.6 is 7.82 Å². The number of hydrogen-bond donors (Lipinski definition) is 2. The van der Waals surface area contributed by atoms with E-state index in [9.17, 15) is 19.0 Å². The third-order valence-corrected chi connectivity index (χ3v) is 9.36. The molecule has 0 aromatic carbocycles. The van der Waals surface area contributed by atoms with Crippen molar-refractivity contribution in [3.63, 3.8) is 0 Å². The first-order valence-corrected chi connectivity index (χ1v) is 22.3. The van der Waals surface area contributed by atoms with Crippen molar-refractivity contribution in [1.29, 1.82) is 0 Å². The molecule has 10 heteroatoms. The molecule has 2 atom stereocenters. The summed E-state index contributed by atoms with van der Waals surface area (Å²) >= 11 is 0. The number of nitrogens with two attached hydrogens (primary N) is 1. The van der Waals surface area contributed by atoms with Crippen LogP contribution in [-0.4, -0.2) is 49.3 Å². The molecule has 0 aromatic rings.